The highest BCUT2D eigenvalue weighted by molar-refractivity contribution is 6.30. The van der Waals surface area contributed by atoms with Gasteiger partial charge in [0, 0.05) is 23.0 Å². The molecule has 3 aromatic carbocycles. The quantitative estimate of drug-likeness (QED) is 0.500. The summed E-state index contributed by atoms with van der Waals surface area (Å²) in [6.07, 6.45) is 1.63. The van der Waals surface area contributed by atoms with Crippen LogP contribution in [0.2, 0.25) is 5.02 Å². The number of aromatic nitrogens is 2. The molecule has 0 fully saturated rings. The predicted molar refractivity (Wildman–Crippen MR) is 122 cm³/mol. The number of H-pyrrole nitrogens is 1. The topological polar surface area (TPSA) is 84.0 Å². The van der Waals surface area contributed by atoms with Crippen LogP contribution in [0, 0.1) is 0 Å². The summed E-state index contributed by atoms with van der Waals surface area (Å²) in [5, 5.41) is 3.53. The molecule has 0 saturated carbocycles. The fourth-order valence-electron chi connectivity index (χ4n) is 3.22. The molecule has 0 spiro atoms. The van der Waals surface area contributed by atoms with Gasteiger partial charge in [0.25, 0.3) is 5.56 Å². The minimum absolute atomic E-state index is 0.151. The van der Waals surface area contributed by atoms with Gasteiger partial charge in [-0.25, -0.2) is 4.79 Å². The normalized spacial score (nSPS) is 10.6. The maximum Gasteiger partial charge on any atom is 0.332 e. The first-order valence-corrected chi connectivity index (χ1v) is 9.93. The zero-order valence-corrected chi connectivity index (χ0v) is 17.1. The van der Waals surface area contributed by atoms with E-state index in [1.54, 1.807) is 24.3 Å². The summed E-state index contributed by atoms with van der Waals surface area (Å²) in [7, 11) is 0. The van der Waals surface area contributed by atoms with Gasteiger partial charge in [-0.2, -0.15) is 0 Å². The second-order valence-corrected chi connectivity index (χ2v) is 7.40. The van der Waals surface area contributed by atoms with Crippen molar-refractivity contribution in [2.75, 3.05) is 5.32 Å². The predicted octanol–water partition coefficient (Wildman–Crippen LogP) is 4.03. The van der Waals surface area contributed by atoms with Crippen LogP contribution < -0.4 is 16.6 Å². The first-order chi connectivity index (χ1) is 15.0. The maximum atomic E-state index is 12.5. The van der Waals surface area contributed by atoms with E-state index in [2.05, 4.69) is 10.3 Å². The van der Waals surface area contributed by atoms with Crippen molar-refractivity contribution in [2.45, 2.75) is 6.42 Å². The number of rotatable bonds is 5. The molecule has 154 valence electrons. The van der Waals surface area contributed by atoms with E-state index in [1.165, 1.54) is 16.8 Å². The number of aromatic amines is 1. The van der Waals surface area contributed by atoms with Crippen molar-refractivity contribution < 1.29 is 4.79 Å². The van der Waals surface area contributed by atoms with E-state index in [0.717, 1.165) is 16.7 Å². The van der Waals surface area contributed by atoms with Crippen molar-refractivity contribution in [3.8, 4) is 16.8 Å². The molecule has 7 heteroatoms. The minimum atomic E-state index is -0.523. The second kappa shape index (κ2) is 8.85. The minimum Gasteiger partial charge on any atom is -0.326 e. The van der Waals surface area contributed by atoms with Crippen molar-refractivity contribution in [3.05, 3.63) is 116 Å². The van der Waals surface area contributed by atoms with Crippen molar-refractivity contribution in [1.82, 2.24) is 9.55 Å². The Kier molecular flexibility index (Phi) is 5.82. The lowest BCUT2D eigenvalue weighted by Crippen LogP contribution is -2.27. The number of carbonyl (C=O) groups excluding carboxylic acids is 1. The lowest BCUT2D eigenvalue weighted by atomic mass is 10.0. The average Bonchev–Trinajstić information content (AvgIpc) is 2.75. The first-order valence-electron chi connectivity index (χ1n) is 9.55. The molecule has 0 saturated heterocycles. The molecule has 0 radical (unpaired) electrons. The number of amides is 1. The lowest BCUT2D eigenvalue weighted by Gasteiger charge is -2.09. The van der Waals surface area contributed by atoms with Gasteiger partial charge in [0.15, 0.2) is 0 Å². The molecular formula is C24H18ClN3O3. The highest BCUT2D eigenvalue weighted by atomic mass is 35.5. The Labute approximate surface area is 182 Å². The molecule has 4 rings (SSSR count). The van der Waals surface area contributed by atoms with Gasteiger partial charge < -0.3 is 5.32 Å². The van der Waals surface area contributed by atoms with E-state index in [-0.39, 0.29) is 12.3 Å². The molecule has 0 unspecified atom stereocenters. The summed E-state index contributed by atoms with van der Waals surface area (Å²) in [4.78, 5) is 37.8. The summed E-state index contributed by atoms with van der Waals surface area (Å²) in [5.74, 6) is -0.151. The number of nitrogens with zero attached hydrogens (tertiary/aromatic N) is 1. The van der Waals surface area contributed by atoms with Crippen LogP contribution in [0.4, 0.5) is 5.69 Å². The van der Waals surface area contributed by atoms with Crippen LogP contribution in [0.3, 0.4) is 0 Å². The van der Waals surface area contributed by atoms with E-state index in [1.807, 2.05) is 48.5 Å². The van der Waals surface area contributed by atoms with Crippen LogP contribution in [0.25, 0.3) is 16.8 Å². The Morgan fingerprint density at radius 3 is 2.35 bits per heavy atom. The second-order valence-electron chi connectivity index (χ2n) is 6.96. The number of carbonyl (C=O) groups is 1. The fourth-order valence-corrected chi connectivity index (χ4v) is 3.35. The molecule has 1 amide bonds. The summed E-state index contributed by atoms with van der Waals surface area (Å²) in [6.45, 7) is 0. The third-order valence-electron chi connectivity index (χ3n) is 4.72. The first kappa shape index (κ1) is 20.4. The van der Waals surface area contributed by atoms with E-state index in [4.69, 9.17) is 11.6 Å². The Morgan fingerprint density at radius 1 is 0.903 bits per heavy atom. The largest absolute Gasteiger partial charge is 0.332 e. The molecular weight excluding hydrogens is 414 g/mol. The molecule has 2 N–H and O–H groups in total. The van der Waals surface area contributed by atoms with Crippen LogP contribution in [0.1, 0.15) is 5.56 Å². The molecule has 0 atom stereocenters. The molecule has 1 heterocycles. The Morgan fingerprint density at radius 2 is 1.65 bits per heavy atom. The van der Waals surface area contributed by atoms with E-state index < -0.39 is 11.2 Å². The summed E-state index contributed by atoms with van der Waals surface area (Å²) in [6, 6.07) is 23.4. The van der Waals surface area contributed by atoms with Crippen LogP contribution in [0.5, 0.6) is 0 Å². The molecule has 31 heavy (non-hydrogen) atoms. The average molecular weight is 432 g/mol. The third-order valence-corrected chi connectivity index (χ3v) is 4.97. The Balaban J connectivity index is 1.44. The molecule has 0 aliphatic rings. The maximum absolute atomic E-state index is 12.5. The standard InChI is InChI=1S/C24H18ClN3O3/c25-19-6-4-17(5-7-19)18-3-1-2-16(14-18)15-23(30)26-20-8-10-21(11-9-20)28-13-12-22(29)27-24(28)31/h1-14H,15H2,(H,26,30)(H,27,29,31). The molecule has 0 aliphatic carbocycles. The van der Waals surface area contributed by atoms with Gasteiger partial charge in [-0.15, -0.1) is 0 Å². The van der Waals surface area contributed by atoms with Gasteiger partial charge in [-0.1, -0.05) is 48.0 Å². The molecule has 0 aliphatic heterocycles. The van der Waals surface area contributed by atoms with Crippen molar-refractivity contribution in [3.63, 3.8) is 0 Å². The van der Waals surface area contributed by atoms with E-state index in [9.17, 15) is 14.4 Å². The molecule has 6 nitrogen and oxygen atoms in total. The van der Waals surface area contributed by atoms with Gasteiger partial charge in [0.1, 0.15) is 0 Å². The monoisotopic (exact) mass is 431 g/mol. The van der Waals surface area contributed by atoms with E-state index in [0.29, 0.717) is 16.4 Å². The zero-order valence-electron chi connectivity index (χ0n) is 16.3. The molecule has 1 aromatic heterocycles. The number of hydrogen-bond donors (Lipinski definition) is 2. The van der Waals surface area contributed by atoms with Crippen LogP contribution >= 0.6 is 11.6 Å². The number of nitrogens with one attached hydrogen (secondary N) is 2. The Bertz CT molecular complexity index is 1340. The zero-order chi connectivity index (χ0) is 21.8. The number of halogens is 1. The molecule has 4 aromatic rings. The van der Waals surface area contributed by atoms with Crippen molar-refractivity contribution in [1.29, 1.82) is 0 Å². The van der Waals surface area contributed by atoms with Gasteiger partial charge in [-0.05, 0) is 53.1 Å². The van der Waals surface area contributed by atoms with Gasteiger partial charge >= 0.3 is 5.69 Å². The SMILES string of the molecule is O=C(Cc1cccc(-c2ccc(Cl)cc2)c1)Nc1ccc(-n2ccc(=O)[nH]c2=O)cc1. The highest BCUT2D eigenvalue weighted by Crippen LogP contribution is 2.23. The van der Waals surface area contributed by atoms with Crippen molar-refractivity contribution in [2.24, 2.45) is 0 Å². The highest BCUT2D eigenvalue weighted by Gasteiger charge is 2.07. The van der Waals surface area contributed by atoms with Crippen molar-refractivity contribution >= 4 is 23.2 Å². The summed E-state index contributed by atoms with van der Waals surface area (Å²) in [5.41, 5.74) is 3.14. The molecule has 0 bridgehead atoms. The van der Waals surface area contributed by atoms with Gasteiger partial charge in [0.05, 0.1) is 12.1 Å². The lowest BCUT2D eigenvalue weighted by molar-refractivity contribution is -0.115. The Hall–Kier alpha value is -3.90. The number of hydrogen-bond acceptors (Lipinski definition) is 3. The van der Waals surface area contributed by atoms with Gasteiger partial charge in [0.2, 0.25) is 5.91 Å². The van der Waals surface area contributed by atoms with E-state index >= 15 is 0 Å². The fraction of sp³-hybridized carbons (Fsp3) is 0.0417. The summed E-state index contributed by atoms with van der Waals surface area (Å²) >= 11 is 5.95. The van der Waals surface area contributed by atoms with Crippen LogP contribution in [-0.4, -0.2) is 15.5 Å². The number of benzene rings is 3. The van der Waals surface area contributed by atoms with Gasteiger partial charge in [-0.3, -0.25) is 19.1 Å². The summed E-state index contributed by atoms with van der Waals surface area (Å²) < 4.78 is 1.31. The van der Waals surface area contributed by atoms with Crippen LogP contribution in [-0.2, 0) is 11.2 Å². The third kappa shape index (κ3) is 4.99. The number of anilines is 1. The van der Waals surface area contributed by atoms with Crippen LogP contribution in [0.15, 0.2) is 94.6 Å². The smallest absolute Gasteiger partial charge is 0.326 e.